The van der Waals surface area contributed by atoms with E-state index in [1.807, 2.05) is 6.20 Å². The minimum Gasteiger partial charge on any atom is -0.367 e. The van der Waals surface area contributed by atoms with Crippen molar-refractivity contribution in [3.05, 3.63) is 58.4 Å². The maximum Gasteiger partial charge on any atom is 0.194 e. The molecule has 0 aliphatic carbocycles. The molecule has 0 bridgehead atoms. The van der Waals surface area contributed by atoms with Gasteiger partial charge in [-0.15, -0.1) is 0 Å². The molecule has 2 aromatic rings. The van der Waals surface area contributed by atoms with Crippen molar-refractivity contribution in [2.24, 2.45) is 5.92 Å². The molecule has 2 rings (SSSR count). The third-order valence-corrected chi connectivity index (χ3v) is 3.06. The van der Waals surface area contributed by atoms with Crippen LogP contribution in [0.25, 0.3) is 0 Å². The molecule has 0 fully saturated rings. The lowest BCUT2D eigenvalue weighted by molar-refractivity contribution is 0.103. The van der Waals surface area contributed by atoms with Crippen LogP contribution in [0.5, 0.6) is 0 Å². The Hall–Kier alpha value is -1.54. The first-order chi connectivity index (χ1) is 8.58. The number of H-pyrrole nitrogens is 1. The molecule has 0 unspecified atom stereocenters. The van der Waals surface area contributed by atoms with Gasteiger partial charge < -0.3 is 4.98 Å². The quantitative estimate of drug-likeness (QED) is 0.826. The molecule has 18 heavy (non-hydrogen) atoms. The smallest absolute Gasteiger partial charge is 0.194 e. The predicted octanol–water partition coefficient (Wildman–Crippen LogP) is 4.10. The molecule has 2 nitrogen and oxygen atoms in total. The SMILES string of the molecule is CC(C)Cc1c[nH]cc1C(=O)c1ccc(Cl)cc1. The highest BCUT2D eigenvalue weighted by Crippen LogP contribution is 2.18. The molecular weight excluding hydrogens is 246 g/mol. The summed E-state index contributed by atoms with van der Waals surface area (Å²) in [7, 11) is 0. The molecule has 1 N–H and O–H groups in total. The first-order valence-electron chi connectivity index (χ1n) is 6.04. The van der Waals surface area contributed by atoms with Crippen LogP contribution in [-0.2, 0) is 6.42 Å². The lowest BCUT2D eigenvalue weighted by atomic mass is 9.97. The Labute approximate surface area is 112 Å². The van der Waals surface area contributed by atoms with E-state index in [0.29, 0.717) is 16.5 Å². The van der Waals surface area contributed by atoms with Crippen LogP contribution in [0, 0.1) is 5.92 Å². The molecule has 0 amide bonds. The number of nitrogens with one attached hydrogen (secondary N) is 1. The zero-order valence-electron chi connectivity index (χ0n) is 10.5. The van der Waals surface area contributed by atoms with Crippen LogP contribution in [0.1, 0.15) is 35.3 Å². The van der Waals surface area contributed by atoms with Gasteiger partial charge in [0, 0.05) is 28.5 Å². The van der Waals surface area contributed by atoms with Crippen molar-refractivity contribution in [2.75, 3.05) is 0 Å². The molecule has 0 atom stereocenters. The van der Waals surface area contributed by atoms with Crippen LogP contribution in [0.4, 0.5) is 0 Å². The van der Waals surface area contributed by atoms with E-state index in [4.69, 9.17) is 11.6 Å². The Balaban J connectivity index is 2.28. The highest BCUT2D eigenvalue weighted by Gasteiger charge is 2.15. The van der Waals surface area contributed by atoms with Crippen LogP contribution < -0.4 is 0 Å². The molecule has 1 aromatic heterocycles. The summed E-state index contributed by atoms with van der Waals surface area (Å²) in [4.78, 5) is 15.4. The molecule has 1 heterocycles. The maximum atomic E-state index is 12.4. The number of ketones is 1. The molecule has 94 valence electrons. The van der Waals surface area contributed by atoms with Gasteiger partial charge in [0.2, 0.25) is 0 Å². The standard InChI is InChI=1S/C15H16ClNO/c1-10(2)7-12-8-17-9-14(12)15(18)11-3-5-13(16)6-4-11/h3-6,8-10,17H,7H2,1-2H3. The van der Waals surface area contributed by atoms with Crippen molar-refractivity contribution in [1.29, 1.82) is 0 Å². The van der Waals surface area contributed by atoms with Gasteiger partial charge in [0.15, 0.2) is 5.78 Å². The Morgan fingerprint density at radius 3 is 2.50 bits per heavy atom. The summed E-state index contributed by atoms with van der Waals surface area (Å²) in [5.41, 5.74) is 2.50. The fourth-order valence-electron chi connectivity index (χ4n) is 1.97. The van der Waals surface area contributed by atoms with Crippen LogP contribution >= 0.6 is 11.6 Å². The van der Waals surface area contributed by atoms with Crippen molar-refractivity contribution >= 4 is 17.4 Å². The number of halogens is 1. The summed E-state index contributed by atoms with van der Waals surface area (Å²) >= 11 is 5.82. The van der Waals surface area contributed by atoms with Gasteiger partial charge >= 0.3 is 0 Å². The third-order valence-electron chi connectivity index (χ3n) is 2.81. The molecular formula is C15H16ClNO. The van der Waals surface area contributed by atoms with E-state index in [1.165, 1.54) is 0 Å². The van der Waals surface area contributed by atoms with Gasteiger partial charge in [0.25, 0.3) is 0 Å². The topological polar surface area (TPSA) is 32.9 Å². The minimum atomic E-state index is 0.0450. The Morgan fingerprint density at radius 2 is 1.89 bits per heavy atom. The Morgan fingerprint density at radius 1 is 1.22 bits per heavy atom. The van der Waals surface area contributed by atoms with E-state index < -0.39 is 0 Å². The highest BCUT2D eigenvalue weighted by molar-refractivity contribution is 6.30. The first kappa shape index (κ1) is 12.9. The molecule has 1 aromatic carbocycles. The van der Waals surface area contributed by atoms with Crippen LogP contribution in [0.15, 0.2) is 36.7 Å². The van der Waals surface area contributed by atoms with E-state index >= 15 is 0 Å². The largest absolute Gasteiger partial charge is 0.367 e. The summed E-state index contributed by atoms with van der Waals surface area (Å²) in [5, 5.41) is 0.642. The monoisotopic (exact) mass is 261 g/mol. The number of hydrogen-bond donors (Lipinski definition) is 1. The van der Waals surface area contributed by atoms with Crippen molar-refractivity contribution < 1.29 is 4.79 Å². The van der Waals surface area contributed by atoms with Gasteiger partial charge in [-0.1, -0.05) is 25.4 Å². The van der Waals surface area contributed by atoms with Gasteiger partial charge in [-0.25, -0.2) is 0 Å². The van der Waals surface area contributed by atoms with Gasteiger partial charge in [0.1, 0.15) is 0 Å². The molecule has 0 aliphatic rings. The van der Waals surface area contributed by atoms with Gasteiger partial charge in [-0.05, 0) is 42.2 Å². The number of aromatic nitrogens is 1. The number of carbonyl (C=O) groups excluding carboxylic acids is 1. The number of hydrogen-bond acceptors (Lipinski definition) is 1. The van der Waals surface area contributed by atoms with Gasteiger partial charge in [-0.3, -0.25) is 4.79 Å². The van der Waals surface area contributed by atoms with E-state index in [-0.39, 0.29) is 5.78 Å². The van der Waals surface area contributed by atoms with Crippen LogP contribution in [0.2, 0.25) is 5.02 Å². The maximum absolute atomic E-state index is 12.4. The average molecular weight is 262 g/mol. The molecule has 3 heteroatoms. The normalized spacial score (nSPS) is 10.9. The van der Waals surface area contributed by atoms with Crippen LogP contribution in [-0.4, -0.2) is 10.8 Å². The fourth-order valence-corrected chi connectivity index (χ4v) is 2.10. The van der Waals surface area contributed by atoms with Gasteiger partial charge in [-0.2, -0.15) is 0 Å². The second-order valence-electron chi connectivity index (χ2n) is 4.83. The molecule has 0 radical (unpaired) electrons. The Kier molecular flexibility index (Phi) is 3.87. The highest BCUT2D eigenvalue weighted by atomic mass is 35.5. The predicted molar refractivity (Wildman–Crippen MR) is 74.2 cm³/mol. The Bertz CT molecular complexity index is 540. The van der Waals surface area contributed by atoms with E-state index in [2.05, 4.69) is 18.8 Å². The number of rotatable bonds is 4. The van der Waals surface area contributed by atoms with Crippen molar-refractivity contribution in [3.8, 4) is 0 Å². The average Bonchev–Trinajstić information content (AvgIpc) is 2.76. The zero-order valence-corrected chi connectivity index (χ0v) is 11.3. The van der Waals surface area contributed by atoms with Crippen molar-refractivity contribution in [2.45, 2.75) is 20.3 Å². The summed E-state index contributed by atoms with van der Waals surface area (Å²) < 4.78 is 0. The summed E-state index contributed by atoms with van der Waals surface area (Å²) in [6.07, 6.45) is 4.58. The second-order valence-corrected chi connectivity index (χ2v) is 5.26. The minimum absolute atomic E-state index is 0.0450. The first-order valence-corrected chi connectivity index (χ1v) is 6.41. The molecule has 0 saturated heterocycles. The molecule has 0 aliphatic heterocycles. The van der Waals surface area contributed by atoms with Gasteiger partial charge in [0.05, 0.1) is 0 Å². The second kappa shape index (κ2) is 5.40. The summed E-state index contributed by atoms with van der Waals surface area (Å²) in [5.74, 6) is 0.570. The lowest BCUT2D eigenvalue weighted by Crippen LogP contribution is -2.04. The molecule has 0 saturated carbocycles. The number of aromatic amines is 1. The van der Waals surface area contributed by atoms with Crippen LogP contribution in [0.3, 0.4) is 0 Å². The number of benzene rings is 1. The number of carbonyl (C=O) groups is 1. The van der Waals surface area contributed by atoms with E-state index in [1.54, 1.807) is 30.5 Å². The lowest BCUT2D eigenvalue weighted by Gasteiger charge is -2.06. The summed E-state index contributed by atoms with van der Waals surface area (Å²) in [6, 6.07) is 7.00. The van der Waals surface area contributed by atoms with E-state index in [9.17, 15) is 4.79 Å². The zero-order chi connectivity index (χ0) is 13.1. The van der Waals surface area contributed by atoms with E-state index in [0.717, 1.165) is 17.5 Å². The summed E-state index contributed by atoms with van der Waals surface area (Å²) in [6.45, 7) is 4.28. The van der Waals surface area contributed by atoms with Crippen molar-refractivity contribution in [3.63, 3.8) is 0 Å². The third kappa shape index (κ3) is 2.82. The van der Waals surface area contributed by atoms with Crippen molar-refractivity contribution in [1.82, 2.24) is 4.98 Å². The molecule has 0 spiro atoms. The fraction of sp³-hybridized carbons (Fsp3) is 0.267.